The third-order valence-corrected chi connectivity index (χ3v) is 5.01. The summed E-state index contributed by atoms with van der Waals surface area (Å²) in [6, 6.07) is 0. The number of carbonyl (C=O) groups is 1. The van der Waals surface area contributed by atoms with Crippen LogP contribution in [0.3, 0.4) is 0 Å². The quantitative estimate of drug-likeness (QED) is 0.584. The second kappa shape index (κ2) is 6.91. The van der Waals surface area contributed by atoms with E-state index < -0.39 is 0 Å². The summed E-state index contributed by atoms with van der Waals surface area (Å²) in [5.74, 6) is 0.667. The molecule has 0 unspecified atom stereocenters. The van der Waals surface area contributed by atoms with Crippen molar-refractivity contribution in [3.05, 3.63) is 11.1 Å². The van der Waals surface area contributed by atoms with Gasteiger partial charge in [-0.25, -0.2) is 0 Å². The van der Waals surface area contributed by atoms with Crippen molar-refractivity contribution in [2.24, 2.45) is 5.92 Å². The normalized spacial score (nSPS) is 23.5. The number of rotatable bonds is 4. The number of carbonyl (C=O) groups excluding carboxylic acids is 1. The lowest BCUT2D eigenvalue weighted by atomic mass is 10.1. The highest BCUT2D eigenvalue weighted by Crippen LogP contribution is 2.31. The van der Waals surface area contributed by atoms with Gasteiger partial charge in [0.25, 0.3) is 5.91 Å². The number of hydrogen-bond acceptors (Lipinski definition) is 5. The maximum atomic E-state index is 12.4. The van der Waals surface area contributed by atoms with Crippen molar-refractivity contribution in [3.8, 4) is 0 Å². The van der Waals surface area contributed by atoms with Crippen LogP contribution in [0.15, 0.2) is 11.1 Å². The van der Waals surface area contributed by atoms with E-state index in [-0.39, 0.29) is 5.91 Å². The molecule has 4 nitrogen and oxygen atoms in total. The lowest BCUT2D eigenvalue weighted by molar-refractivity contribution is -0.122. The molecule has 2 aliphatic rings. The van der Waals surface area contributed by atoms with Crippen LogP contribution in [0.25, 0.3) is 0 Å². The van der Waals surface area contributed by atoms with Crippen molar-refractivity contribution >= 4 is 34.2 Å². The monoisotopic (exact) mass is 313 g/mol. The van der Waals surface area contributed by atoms with Gasteiger partial charge in [-0.05, 0) is 19.4 Å². The third kappa shape index (κ3) is 3.96. The Morgan fingerprint density at radius 3 is 2.55 bits per heavy atom. The predicted molar refractivity (Wildman–Crippen MR) is 88.5 cm³/mol. The second-order valence-electron chi connectivity index (χ2n) is 5.84. The first kappa shape index (κ1) is 15.8. The van der Waals surface area contributed by atoms with Crippen molar-refractivity contribution in [3.63, 3.8) is 0 Å². The van der Waals surface area contributed by atoms with E-state index in [9.17, 15) is 4.79 Å². The van der Waals surface area contributed by atoms with Gasteiger partial charge < -0.3 is 9.80 Å². The topological polar surface area (TPSA) is 26.8 Å². The zero-order valence-electron chi connectivity index (χ0n) is 12.5. The lowest BCUT2D eigenvalue weighted by Crippen LogP contribution is -2.42. The maximum absolute atomic E-state index is 12.4. The van der Waals surface area contributed by atoms with Crippen LogP contribution in [0.1, 0.15) is 20.3 Å². The van der Waals surface area contributed by atoms with Crippen LogP contribution in [0, 0.1) is 5.92 Å². The van der Waals surface area contributed by atoms with Crippen LogP contribution in [0.2, 0.25) is 0 Å². The molecule has 0 bridgehead atoms. The molecule has 2 rings (SSSR count). The number of piperazine rings is 1. The summed E-state index contributed by atoms with van der Waals surface area (Å²) in [6.45, 7) is 9.12. The van der Waals surface area contributed by atoms with E-state index in [4.69, 9.17) is 12.2 Å². The van der Waals surface area contributed by atoms with Crippen LogP contribution < -0.4 is 0 Å². The van der Waals surface area contributed by atoms with E-state index in [1.165, 1.54) is 11.8 Å². The first-order valence-electron chi connectivity index (χ1n) is 7.15. The number of likely N-dealkylation sites (N-methyl/N-ethyl adjacent to an activating group) is 1. The van der Waals surface area contributed by atoms with Gasteiger partial charge >= 0.3 is 0 Å². The van der Waals surface area contributed by atoms with Gasteiger partial charge in [0.15, 0.2) is 0 Å². The average molecular weight is 313 g/mol. The molecule has 0 aliphatic carbocycles. The molecular formula is C14H23N3OS2. The van der Waals surface area contributed by atoms with E-state index in [1.807, 2.05) is 6.20 Å². The van der Waals surface area contributed by atoms with E-state index in [2.05, 4.69) is 30.7 Å². The highest BCUT2D eigenvalue weighted by Gasteiger charge is 2.32. The van der Waals surface area contributed by atoms with Gasteiger partial charge in [-0.1, -0.05) is 37.8 Å². The summed E-state index contributed by atoms with van der Waals surface area (Å²) >= 11 is 6.78. The maximum Gasteiger partial charge on any atom is 0.267 e. The molecule has 1 amide bonds. The lowest BCUT2D eigenvalue weighted by Gasteiger charge is -2.31. The van der Waals surface area contributed by atoms with E-state index in [0.29, 0.717) is 10.2 Å². The Balaban J connectivity index is 1.96. The summed E-state index contributed by atoms with van der Waals surface area (Å²) in [4.78, 5) is 19.4. The zero-order valence-corrected chi connectivity index (χ0v) is 14.1. The smallest absolute Gasteiger partial charge is 0.267 e. The molecule has 0 atom stereocenters. The van der Waals surface area contributed by atoms with Crippen LogP contribution in [-0.2, 0) is 4.79 Å². The Morgan fingerprint density at radius 2 is 1.95 bits per heavy atom. The largest absolute Gasteiger partial charge is 0.374 e. The molecule has 6 heteroatoms. The molecule has 2 heterocycles. The van der Waals surface area contributed by atoms with Gasteiger partial charge in [-0.2, -0.15) is 0 Å². The van der Waals surface area contributed by atoms with Gasteiger partial charge in [-0.3, -0.25) is 9.69 Å². The van der Waals surface area contributed by atoms with Crippen molar-refractivity contribution in [1.29, 1.82) is 0 Å². The SMILES string of the molecule is CC(C)CCN1C(=O)/C(=C\N2CCN(C)CC2)SC1=S. The van der Waals surface area contributed by atoms with E-state index in [1.54, 1.807) is 4.90 Å². The fourth-order valence-corrected chi connectivity index (χ4v) is 3.50. The molecule has 0 aromatic heterocycles. The van der Waals surface area contributed by atoms with Crippen molar-refractivity contribution in [1.82, 2.24) is 14.7 Å². The van der Waals surface area contributed by atoms with Crippen molar-refractivity contribution in [2.75, 3.05) is 39.8 Å². The molecule has 0 spiro atoms. The number of amides is 1. The molecule has 2 saturated heterocycles. The molecule has 0 radical (unpaired) electrons. The highest BCUT2D eigenvalue weighted by molar-refractivity contribution is 8.26. The van der Waals surface area contributed by atoms with Gasteiger partial charge in [-0.15, -0.1) is 0 Å². The first-order chi connectivity index (χ1) is 9.47. The van der Waals surface area contributed by atoms with Crippen LogP contribution in [-0.4, -0.2) is 64.7 Å². The van der Waals surface area contributed by atoms with Crippen molar-refractivity contribution < 1.29 is 4.79 Å². The molecule has 20 heavy (non-hydrogen) atoms. The first-order valence-corrected chi connectivity index (χ1v) is 8.38. The van der Waals surface area contributed by atoms with Gasteiger partial charge in [0, 0.05) is 38.9 Å². The van der Waals surface area contributed by atoms with E-state index >= 15 is 0 Å². The molecule has 0 aromatic rings. The molecule has 0 saturated carbocycles. The second-order valence-corrected chi connectivity index (χ2v) is 7.52. The number of thioether (sulfide) groups is 1. The standard InChI is InChI=1S/C14H23N3OS2/c1-11(2)4-5-17-13(18)12(20-14(17)19)10-16-8-6-15(3)7-9-16/h10-11H,4-9H2,1-3H3/b12-10+. The molecule has 0 N–H and O–H groups in total. The summed E-state index contributed by atoms with van der Waals surface area (Å²) in [7, 11) is 2.13. The predicted octanol–water partition coefficient (Wildman–Crippen LogP) is 1.98. The minimum absolute atomic E-state index is 0.0829. The van der Waals surface area contributed by atoms with E-state index in [0.717, 1.165) is 44.0 Å². The van der Waals surface area contributed by atoms with Crippen LogP contribution in [0.5, 0.6) is 0 Å². The molecule has 2 fully saturated rings. The Morgan fingerprint density at radius 1 is 1.30 bits per heavy atom. The fourth-order valence-electron chi connectivity index (χ4n) is 2.19. The Hall–Kier alpha value is -0.590. The summed E-state index contributed by atoms with van der Waals surface area (Å²) in [6.07, 6.45) is 3.00. The molecule has 0 aromatic carbocycles. The fraction of sp³-hybridized carbons (Fsp3) is 0.714. The molecular weight excluding hydrogens is 290 g/mol. The number of hydrogen-bond donors (Lipinski definition) is 0. The zero-order chi connectivity index (χ0) is 14.7. The van der Waals surface area contributed by atoms with Gasteiger partial charge in [0.1, 0.15) is 4.32 Å². The Bertz CT molecular complexity index is 415. The van der Waals surface area contributed by atoms with Gasteiger partial charge in [0.05, 0.1) is 4.91 Å². The Kier molecular flexibility index (Phi) is 5.46. The summed E-state index contributed by atoms with van der Waals surface area (Å²) in [5.41, 5.74) is 0. The van der Waals surface area contributed by atoms with Crippen molar-refractivity contribution in [2.45, 2.75) is 20.3 Å². The minimum Gasteiger partial charge on any atom is -0.374 e. The number of nitrogens with zero attached hydrogens (tertiary/aromatic N) is 3. The third-order valence-electron chi connectivity index (χ3n) is 3.64. The van der Waals surface area contributed by atoms with Gasteiger partial charge in [0.2, 0.25) is 0 Å². The summed E-state index contributed by atoms with van der Waals surface area (Å²) < 4.78 is 0.705. The molecule has 2 aliphatic heterocycles. The Labute approximate surface area is 131 Å². The van der Waals surface area contributed by atoms with Crippen LogP contribution in [0.4, 0.5) is 0 Å². The van der Waals surface area contributed by atoms with Crippen LogP contribution >= 0.6 is 24.0 Å². The summed E-state index contributed by atoms with van der Waals surface area (Å²) in [5, 5.41) is 0. The molecule has 112 valence electrons. The average Bonchev–Trinajstić information content (AvgIpc) is 2.65. The minimum atomic E-state index is 0.0829. The highest BCUT2D eigenvalue weighted by atomic mass is 32.2. The number of thiocarbonyl (C=S) groups is 1.